The number of halogens is 1. The van der Waals surface area contributed by atoms with Gasteiger partial charge in [-0.2, -0.15) is 5.26 Å². The number of rotatable bonds is 7. The van der Waals surface area contributed by atoms with E-state index in [2.05, 4.69) is 14.6 Å². The van der Waals surface area contributed by atoms with Crippen LogP contribution in [0.1, 0.15) is 18.4 Å². The molecule has 0 aliphatic heterocycles. The fourth-order valence-corrected chi connectivity index (χ4v) is 2.31. The van der Waals surface area contributed by atoms with Gasteiger partial charge < -0.3 is 26.1 Å². The molecular formula is C16H20ClN3O6. The summed E-state index contributed by atoms with van der Waals surface area (Å²) in [5.74, 6) is -2.84. The number of hydrogen-bond acceptors (Lipinski definition) is 8. The van der Waals surface area contributed by atoms with Gasteiger partial charge >= 0.3 is 17.9 Å². The summed E-state index contributed by atoms with van der Waals surface area (Å²) in [5.41, 5.74) is 13.1. The molecule has 10 heteroatoms. The van der Waals surface area contributed by atoms with Crippen molar-refractivity contribution in [1.82, 2.24) is 4.98 Å². The molecule has 0 fully saturated rings. The second-order valence-corrected chi connectivity index (χ2v) is 5.52. The molecule has 142 valence electrons. The van der Waals surface area contributed by atoms with Gasteiger partial charge in [0.15, 0.2) is 0 Å². The van der Waals surface area contributed by atoms with Crippen molar-refractivity contribution in [3.8, 4) is 0 Å². The van der Waals surface area contributed by atoms with E-state index >= 15 is 0 Å². The summed E-state index contributed by atoms with van der Waals surface area (Å²) < 4.78 is 4.65. The van der Waals surface area contributed by atoms with Crippen molar-refractivity contribution in [3.05, 3.63) is 36.0 Å². The highest BCUT2D eigenvalue weighted by atomic mass is 35.5. The Labute approximate surface area is 155 Å². The van der Waals surface area contributed by atoms with E-state index in [9.17, 15) is 14.4 Å². The Morgan fingerprint density at radius 2 is 1.77 bits per heavy atom. The van der Waals surface area contributed by atoms with Crippen molar-refractivity contribution >= 4 is 41.2 Å². The highest BCUT2D eigenvalue weighted by molar-refractivity contribution is 5.91. The monoisotopic (exact) mass is 385 g/mol. The van der Waals surface area contributed by atoms with Crippen molar-refractivity contribution in [2.24, 2.45) is 11.5 Å². The van der Waals surface area contributed by atoms with Crippen LogP contribution in [0, 0.1) is 0 Å². The smallest absolute Gasteiger partial charge is 0.342 e. The van der Waals surface area contributed by atoms with Crippen LogP contribution in [-0.2, 0) is 30.4 Å². The normalized spacial score (nSPS) is 12.7. The van der Waals surface area contributed by atoms with Crippen LogP contribution in [0.3, 0.4) is 0 Å². The fraction of sp³-hybridized carbons (Fsp3) is 0.312. The maximum atomic E-state index is 11.9. The third-order valence-electron chi connectivity index (χ3n) is 3.68. The molecule has 2 aromatic rings. The molecule has 26 heavy (non-hydrogen) atoms. The van der Waals surface area contributed by atoms with Crippen molar-refractivity contribution in [1.29, 1.82) is 0 Å². The van der Waals surface area contributed by atoms with Gasteiger partial charge in [-0.05, 0) is 18.1 Å². The Morgan fingerprint density at radius 1 is 1.12 bits per heavy atom. The van der Waals surface area contributed by atoms with Crippen LogP contribution < -0.4 is 11.5 Å². The minimum atomic E-state index is -1.21. The first-order valence-corrected chi connectivity index (χ1v) is 7.58. The van der Waals surface area contributed by atoms with E-state index in [1.165, 1.54) is 0 Å². The van der Waals surface area contributed by atoms with Crippen LogP contribution in [0.15, 0.2) is 30.5 Å². The van der Waals surface area contributed by atoms with Gasteiger partial charge in [-0.1, -0.05) is 18.2 Å². The van der Waals surface area contributed by atoms with Crippen LogP contribution in [0.4, 0.5) is 0 Å². The van der Waals surface area contributed by atoms with Gasteiger partial charge in [0.25, 0.3) is 0 Å². The molecule has 1 heterocycles. The Bertz CT molecular complexity index is 778. The van der Waals surface area contributed by atoms with E-state index in [1.807, 2.05) is 24.3 Å². The minimum absolute atomic E-state index is 0. The number of nitrogens with one attached hydrogen (secondary N) is 1. The van der Waals surface area contributed by atoms with Crippen molar-refractivity contribution < 1.29 is 29.3 Å². The van der Waals surface area contributed by atoms with Gasteiger partial charge in [0, 0.05) is 23.5 Å². The molecule has 0 saturated carbocycles. The minimum Gasteiger partial charge on any atom is -0.391 e. The third kappa shape index (κ3) is 5.53. The van der Waals surface area contributed by atoms with Gasteiger partial charge in [-0.25, -0.2) is 14.4 Å². The van der Waals surface area contributed by atoms with Crippen LogP contribution in [0.25, 0.3) is 10.9 Å². The number of nitrogens with two attached hydrogens (primary N) is 2. The Morgan fingerprint density at radius 3 is 2.46 bits per heavy atom. The molecule has 0 spiro atoms. The van der Waals surface area contributed by atoms with Crippen molar-refractivity contribution in [2.75, 3.05) is 0 Å². The molecule has 2 rings (SSSR count). The van der Waals surface area contributed by atoms with Gasteiger partial charge in [-0.3, -0.25) is 0 Å². The number of aromatic amines is 1. The predicted molar refractivity (Wildman–Crippen MR) is 94.3 cm³/mol. The number of aromatic nitrogens is 1. The number of para-hydroxylation sites is 1. The SMILES string of the molecule is Cl.N[C@@H](CCC(=O)OO)C(=O)OC(=O)[C@@H](N)Cc1c[nH]c2ccccc12. The summed E-state index contributed by atoms with van der Waals surface area (Å²) >= 11 is 0. The molecule has 6 N–H and O–H groups in total. The lowest BCUT2D eigenvalue weighted by molar-refractivity contribution is -0.234. The van der Waals surface area contributed by atoms with Gasteiger partial charge in [-0.15, -0.1) is 12.4 Å². The van der Waals surface area contributed by atoms with Gasteiger partial charge in [0.1, 0.15) is 12.1 Å². The summed E-state index contributed by atoms with van der Waals surface area (Å²) in [6.07, 6.45) is 1.50. The molecule has 0 radical (unpaired) electrons. The molecule has 0 amide bonds. The molecule has 9 nitrogen and oxygen atoms in total. The van der Waals surface area contributed by atoms with E-state index in [-0.39, 0.29) is 31.7 Å². The largest absolute Gasteiger partial charge is 0.391 e. The standard InChI is InChI=1S/C16H19N3O6.ClH/c17-11(5-6-14(20)25-23)15(21)24-16(22)12(18)7-9-8-19-13-4-2-1-3-10(9)13;/h1-4,8,11-12,19,23H,5-7,17-18H2;1H/t11-,12-;/m0./s1. The number of carbonyl (C=O) groups is 3. The lowest BCUT2D eigenvalue weighted by atomic mass is 10.1. The number of hydrogen-bond donors (Lipinski definition) is 4. The number of H-pyrrole nitrogens is 1. The number of esters is 2. The van der Waals surface area contributed by atoms with Gasteiger partial charge in [0.05, 0.1) is 6.42 Å². The van der Waals surface area contributed by atoms with E-state index in [1.54, 1.807) is 6.20 Å². The van der Waals surface area contributed by atoms with Crippen LogP contribution in [0.5, 0.6) is 0 Å². The summed E-state index contributed by atoms with van der Waals surface area (Å²) in [6.45, 7) is 0. The molecule has 1 aromatic carbocycles. The van der Waals surface area contributed by atoms with E-state index in [0.717, 1.165) is 16.5 Å². The third-order valence-corrected chi connectivity index (χ3v) is 3.68. The van der Waals surface area contributed by atoms with E-state index in [4.69, 9.17) is 16.7 Å². The topological polar surface area (TPSA) is 158 Å². The van der Waals surface area contributed by atoms with Crippen LogP contribution in [0.2, 0.25) is 0 Å². The molecule has 2 atom stereocenters. The molecule has 0 aliphatic carbocycles. The molecule has 0 aliphatic rings. The Balaban J connectivity index is 0.00000338. The van der Waals surface area contributed by atoms with E-state index < -0.39 is 30.0 Å². The summed E-state index contributed by atoms with van der Waals surface area (Å²) in [7, 11) is 0. The average molecular weight is 386 g/mol. The number of fused-ring (bicyclic) bond motifs is 1. The zero-order chi connectivity index (χ0) is 18.4. The first-order chi connectivity index (χ1) is 11.9. The quantitative estimate of drug-likeness (QED) is 0.234. The first-order valence-electron chi connectivity index (χ1n) is 7.58. The average Bonchev–Trinajstić information content (AvgIpc) is 3.02. The number of carbonyl (C=O) groups excluding carboxylic acids is 3. The summed E-state index contributed by atoms with van der Waals surface area (Å²) in [5, 5.41) is 9.05. The highest BCUT2D eigenvalue weighted by Crippen LogP contribution is 2.19. The number of benzene rings is 1. The maximum Gasteiger partial charge on any atom is 0.342 e. The second kappa shape index (κ2) is 9.88. The zero-order valence-corrected chi connectivity index (χ0v) is 14.5. The predicted octanol–water partition coefficient (Wildman–Crippen LogP) is 0.653. The maximum absolute atomic E-state index is 11.9. The summed E-state index contributed by atoms with van der Waals surface area (Å²) in [4.78, 5) is 41.0. The Hall–Kier alpha value is -2.46. The van der Waals surface area contributed by atoms with Crippen LogP contribution in [-0.4, -0.2) is 40.2 Å². The lowest BCUT2D eigenvalue weighted by Crippen LogP contribution is -2.40. The molecule has 0 unspecified atom stereocenters. The van der Waals surface area contributed by atoms with E-state index in [0.29, 0.717) is 0 Å². The Kier molecular flexibility index (Phi) is 8.20. The fourth-order valence-electron chi connectivity index (χ4n) is 2.31. The first kappa shape index (κ1) is 21.6. The second-order valence-electron chi connectivity index (χ2n) is 5.52. The van der Waals surface area contributed by atoms with Gasteiger partial charge in [0.2, 0.25) is 0 Å². The summed E-state index contributed by atoms with van der Waals surface area (Å²) in [6, 6.07) is 5.27. The van der Waals surface area contributed by atoms with Crippen molar-refractivity contribution in [2.45, 2.75) is 31.3 Å². The zero-order valence-electron chi connectivity index (χ0n) is 13.7. The van der Waals surface area contributed by atoms with Crippen molar-refractivity contribution in [3.63, 3.8) is 0 Å². The number of ether oxygens (including phenoxy) is 1. The molecule has 0 saturated heterocycles. The molecule has 0 bridgehead atoms. The molecule has 1 aromatic heterocycles. The lowest BCUT2D eigenvalue weighted by Gasteiger charge is -2.13. The highest BCUT2D eigenvalue weighted by Gasteiger charge is 2.24. The van der Waals surface area contributed by atoms with Crippen LogP contribution >= 0.6 is 12.4 Å². The molecular weight excluding hydrogens is 366 g/mol.